The molecule has 0 spiro atoms. The van der Waals surface area contributed by atoms with Gasteiger partial charge >= 0.3 is 11.9 Å². The summed E-state index contributed by atoms with van der Waals surface area (Å²) in [4.78, 5) is 23.9. The van der Waals surface area contributed by atoms with E-state index in [1.54, 1.807) is 0 Å². The number of cyclic esters (lactones) is 2. The molecule has 1 saturated heterocycles. The van der Waals surface area contributed by atoms with Crippen LogP contribution in [0.15, 0.2) is 24.3 Å². The van der Waals surface area contributed by atoms with Crippen molar-refractivity contribution >= 4 is 11.9 Å². The van der Waals surface area contributed by atoms with Crippen molar-refractivity contribution in [3.63, 3.8) is 0 Å². The second-order valence-corrected chi connectivity index (χ2v) is 6.86. The van der Waals surface area contributed by atoms with Gasteiger partial charge in [0.05, 0.1) is 0 Å². The van der Waals surface area contributed by atoms with Gasteiger partial charge < -0.3 is 14.2 Å². The highest BCUT2D eigenvalue weighted by Crippen LogP contribution is 2.26. The molecule has 0 amide bonds. The summed E-state index contributed by atoms with van der Waals surface area (Å²) in [5, 5.41) is 0. The van der Waals surface area contributed by atoms with Crippen LogP contribution in [0.4, 0.5) is 0 Å². The molecule has 0 aliphatic carbocycles. The third kappa shape index (κ3) is 4.23. The second kappa shape index (κ2) is 5.63. The maximum absolute atomic E-state index is 11.9. The predicted molar refractivity (Wildman–Crippen MR) is 80.3 cm³/mol. The van der Waals surface area contributed by atoms with Gasteiger partial charge in [-0.05, 0) is 44.9 Å². The Morgan fingerprint density at radius 3 is 2.00 bits per heavy atom. The summed E-state index contributed by atoms with van der Waals surface area (Å²) in [5.74, 6) is -2.45. The van der Waals surface area contributed by atoms with E-state index in [1.807, 2.05) is 45.0 Å². The van der Waals surface area contributed by atoms with Gasteiger partial charge in [-0.25, -0.2) is 0 Å². The molecule has 1 aliphatic heterocycles. The first-order chi connectivity index (χ1) is 10.1. The number of ether oxygens (including phenoxy) is 3. The minimum absolute atomic E-state index is 0.254. The van der Waals surface area contributed by atoms with Gasteiger partial charge in [0.2, 0.25) is 0 Å². The molecule has 0 N–H and O–H groups in total. The van der Waals surface area contributed by atoms with Gasteiger partial charge in [-0.2, -0.15) is 0 Å². The Morgan fingerprint density at radius 2 is 1.55 bits per heavy atom. The van der Waals surface area contributed by atoms with E-state index in [4.69, 9.17) is 14.2 Å². The molecular weight excluding hydrogens is 284 g/mol. The second-order valence-electron chi connectivity index (χ2n) is 6.86. The minimum Gasteiger partial charge on any atom is -0.488 e. The first kappa shape index (κ1) is 16.3. The molecule has 2 rings (SSSR count). The first-order valence-corrected chi connectivity index (χ1v) is 7.29. The number of carbonyl (C=O) groups excluding carboxylic acids is 2. The first-order valence-electron chi connectivity index (χ1n) is 7.29. The van der Waals surface area contributed by atoms with Crippen LogP contribution in [0.1, 0.15) is 40.2 Å². The maximum Gasteiger partial charge on any atom is 0.323 e. The van der Waals surface area contributed by atoms with Crippen LogP contribution in [0.2, 0.25) is 0 Å². The Morgan fingerprint density at radius 1 is 1.05 bits per heavy atom. The fraction of sp³-hybridized carbons (Fsp3) is 0.529. The standard InChI is InChI=1S/C17H22O5/c1-16(2,3)20-12-8-6-11(7-9-12)10-13-14(18)21-17(4,5)22-15(13)19/h6-9,13H,10H2,1-5H3. The fourth-order valence-electron chi connectivity index (χ4n) is 2.19. The molecule has 5 nitrogen and oxygen atoms in total. The van der Waals surface area contributed by atoms with Gasteiger partial charge in [0.15, 0.2) is 5.92 Å². The van der Waals surface area contributed by atoms with Gasteiger partial charge in [0.25, 0.3) is 5.79 Å². The van der Waals surface area contributed by atoms with Crippen LogP contribution in [0, 0.1) is 5.92 Å². The van der Waals surface area contributed by atoms with Crippen LogP contribution in [-0.4, -0.2) is 23.3 Å². The molecule has 0 atom stereocenters. The third-order valence-electron chi connectivity index (χ3n) is 3.05. The Balaban J connectivity index is 2.05. The summed E-state index contributed by atoms with van der Waals surface area (Å²) < 4.78 is 16.0. The van der Waals surface area contributed by atoms with E-state index in [9.17, 15) is 9.59 Å². The summed E-state index contributed by atoms with van der Waals surface area (Å²) in [6.07, 6.45) is 0.254. The minimum atomic E-state index is -1.19. The van der Waals surface area contributed by atoms with Gasteiger partial charge in [0, 0.05) is 13.8 Å². The highest BCUT2D eigenvalue weighted by atomic mass is 16.7. The third-order valence-corrected chi connectivity index (χ3v) is 3.05. The smallest absolute Gasteiger partial charge is 0.323 e. The van der Waals surface area contributed by atoms with E-state index in [-0.39, 0.29) is 12.0 Å². The lowest BCUT2D eigenvalue weighted by molar-refractivity contribution is -0.239. The SMILES string of the molecule is CC(C)(C)Oc1ccc(CC2C(=O)OC(C)(C)OC2=O)cc1. The van der Waals surface area contributed by atoms with E-state index in [1.165, 1.54) is 13.8 Å². The number of benzene rings is 1. The number of esters is 2. The molecule has 0 saturated carbocycles. The van der Waals surface area contributed by atoms with Gasteiger partial charge in [-0.1, -0.05) is 12.1 Å². The van der Waals surface area contributed by atoms with Crippen molar-refractivity contribution in [3.8, 4) is 5.75 Å². The van der Waals surface area contributed by atoms with Crippen LogP contribution in [0.25, 0.3) is 0 Å². The van der Waals surface area contributed by atoms with Crippen molar-refractivity contribution in [3.05, 3.63) is 29.8 Å². The Hall–Kier alpha value is -2.04. The zero-order valence-corrected chi connectivity index (χ0v) is 13.6. The lowest BCUT2D eigenvalue weighted by Crippen LogP contribution is -2.46. The number of hydrogen-bond donors (Lipinski definition) is 0. The van der Waals surface area contributed by atoms with Crippen LogP contribution >= 0.6 is 0 Å². The molecule has 0 aromatic heterocycles. The van der Waals surface area contributed by atoms with Crippen molar-refractivity contribution in [2.75, 3.05) is 0 Å². The van der Waals surface area contributed by atoms with Gasteiger partial charge in [-0.15, -0.1) is 0 Å². The van der Waals surface area contributed by atoms with E-state index in [2.05, 4.69) is 0 Å². The summed E-state index contributed by atoms with van der Waals surface area (Å²) in [6, 6.07) is 7.32. The van der Waals surface area contributed by atoms with Crippen LogP contribution in [0.3, 0.4) is 0 Å². The molecule has 1 heterocycles. The van der Waals surface area contributed by atoms with Gasteiger partial charge in [0.1, 0.15) is 11.4 Å². The van der Waals surface area contributed by atoms with Crippen molar-refractivity contribution in [1.82, 2.24) is 0 Å². The van der Waals surface area contributed by atoms with Crippen LogP contribution in [-0.2, 0) is 25.5 Å². The monoisotopic (exact) mass is 306 g/mol. The zero-order chi connectivity index (χ0) is 16.5. The Labute approximate surface area is 130 Å². The summed E-state index contributed by atoms with van der Waals surface area (Å²) in [7, 11) is 0. The molecule has 1 aromatic carbocycles. The molecule has 1 aliphatic rings. The van der Waals surface area contributed by atoms with E-state index in [0.29, 0.717) is 0 Å². The molecule has 1 aromatic rings. The summed E-state index contributed by atoms with van der Waals surface area (Å²) >= 11 is 0. The normalized spacial score (nSPS) is 18.6. The van der Waals surface area contributed by atoms with Crippen LogP contribution < -0.4 is 4.74 Å². The molecule has 0 radical (unpaired) electrons. The largest absolute Gasteiger partial charge is 0.488 e. The molecular formula is C17H22O5. The molecule has 22 heavy (non-hydrogen) atoms. The van der Waals surface area contributed by atoms with E-state index < -0.39 is 23.6 Å². The van der Waals surface area contributed by atoms with Crippen molar-refractivity contribution in [2.24, 2.45) is 5.92 Å². The lowest BCUT2D eigenvalue weighted by Gasteiger charge is -2.32. The fourth-order valence-corrected chi connectivity index (χ4v) is 2.19. The highest BCUT2D eigenvalue weighted by Gasteiger charge is 2.43. The number of carbonyl (C=O) groups is 2. The number of hydrogen-bond acceptors (Lipinski definition) is 5. The zero-order valence-electron chi connectivity index (χ0n) is 13.6. The van der Waals surface area contributed by atoms with Crippen molar-refractivity contribution in [1.29, 1.82) is 0 Å². The van der Waals surface area contributed by atoms with Gasteiger partial charge in [-0.3, -0.25) is 9.59 Å². The molecule has 0 unspecified atom stereocenters. The predicted octanol–water partition coefficient (Wildman–Crippen LogP) is 2.86. The van der Waals surface area contributed by atoms with Crippen molar-refractivity contribution in [2.45, 2.75) is 52.4 Å². The maximum atomic E-state index is 11.9. The summed E-state index contributed by atoms with van der Waals surface area (Å²) in [6.45, 7) is 8.99. The van der Waals surface area contributed by atoms with E-state index >= 15 is 0 Å². The lowest BCUT2D eigenvalue weighted by atomic mass is 9.98. The Kier molecular flexibility index (Phi) is 4.18. The molecule has 120 valence electrons. The average Bonchev–Trinajstić information content (AvgIpc) is 2.33. The molecule has 1 fully saturated rings. The summed E-state index contributed by atoms with van der Waals surface area (Å²) in [5.41, 5.74) is 0.573. The van der Waals surface area contributed by atoms with E-state index in [0.717, 1.165) is 11.3 Å². The molecule has 0 bridgehead atoms. The average molecular weight is 306 g/mol. The number of rotatable bonds is 3. The van der Waals surface area contributed by atoms with Crippen molar-refractivity contribution < 1.29 is 23.8 Å². The molecule has 5 heteroatoms. The van der Waals surface area contributed by atoms with Crippen LogP contribution in [0.5, 0.6) is 5.75 Å². The quantitative estimate of drug-likeness (QED) is 0.635. The topological polar surface area (TPSA) is 61.8 Å². The highest BCUT2D eigenvalue weighted by molar-refractivity contribution is 5.96. The Bertz CT molecular complexity index is 546.